The summed E-state index contributed by atoms with van der Waals surface area (Å²) in [5.74, 6) is -3.60. The maximum atomic E-state index is 12.6. The number of carbonyl (C=O) groups excluding carboxylic acids is 3. The zero-order valence-corrected chi connectivity index (χ0v) is 15.1. The lowest BCUT2D eigenvalue weighted by Crippen LogP contribution is -2.23. The largest absolute Gasteiger partial charge is 0.452 e. The molecule has 2 amide bonds. The number of anilines is 1. The Kier molecular flexibility index (Phi) is 5.78. The van der Waals surface area contributed by atoms with E-state index in [1.807, 2.05) is 0 Å². The molecule has 0 saturated heterocycles. The number of rotatable bonds is 4. The highest BCUT2D eigenvalue weighted by Crippen LogP contribution is 2.29. The normalized spacial score (nSPS) is 11.0. The number of nitrogens with zero attached hydrogens (tertiary/aromatic N) is 3. The lowest BCUT2D eigenvalue weighted by Gasteiger charge is -2.13. The second-order valence-corrected chi connectivity index (χ2v) is 6.13. The molecule has 0 unspecified atom stereocenters. The Morgan fingerprint density at radius 3 is 2.41 bits per heavy atom. The minimum Gasteiger partial charge on any atom is -0.426 e. The molecule has 0 atom stereocenters. The fourth-order valence-corrected chi connectivity index (χ4v) is 2.48. The molecule has 0 aliphatic heterocycles. The van der Waals surface area contributed by atoms with Gasteiger partial charge in [0.25, 0.3) is 11.8 Å². The van der Waals surface area contributed by atoms with Gasteiger partial charge in [0.1, 0.15) is 5.75 Å². The molecule has 12 heteroatoms. The highest BCUT2D eigenvalue weighted by Gasteiger charge is 2.36. The number of hydrogen-bond acceptors (Lipinski definition) is 7. The molecule has 27 heavy (non-hydrogen) atoms. The van der Waals surface area contributed by atoms with Crippen LogP contribution >= 0.6 is 11.5 Å². The second kappa shape index (κ2) is 7.70. The number of aromatic nitrogens is 2. The van der Waals surface area contributed by atoms with Gasteiger partial charge in [0.2, 0.25) is 11.0 Å². The Morgan fingerprint density at radius 2 is 1.89 bits per heavy atom. The van der Waals surface area contributed by atoms with E-state index in [1.54, 1.807) is 0 Å². The average molecular weight is 402 g/mol. The summed E-state index contributed by atoms with van der Waals surface area (Å²) in [6.07, 6.45) is -4.75. The molecule has 1 N–H and O–H groups in total. The van der Waals surface area contributed by atoms with Crippen LogP contribution in [0.2, 0.25) is 0 Å². The van der Waals surface area contributed by atoms with Gasteiger partial charge in [0, 0.05) is 38.1 Å². The topological polar surface area (TPSA) is 101 Å². The number of esters is 1. The molecule has 1 aromatic heterocycles. The van der Waals surface area contributed by atoms with Gasteiger partial charge in [0.05, 0.1) is 5.56 Å². The number of hydrogen-bond donors (Lipinski definition) is 1. The first-order valence-corrected chi connectivity index (χ1v) is 8.02. The van der Waals surface area contributed by atoms with E-state index in [0.29, 0.717) is 11.5 Å². The zero-order valence-electron chi connectivity index (χ0n) is 14.2. The molecule has 1 heterocycles. The van der Waals surface area contributed by atoms with Crippen LogP contribution in [0.25, 0.3) is 0 Å². The van der Waals surface area contributed by atoms with Crippen molar-refractivity contribution in [3.8, 4) is 5.75 Å². The van der Waals surface area contributed by atoms with Gasteiger partial charge in [-0.15, -0.1) is 0 Å². The average Bonchev–Trinajstić information content (AvgIpc) is 3.02. The summed E-state index contributed by atoms with van der Waals surface area (Å²) in [7, 11) is 3.00. The molecule has 0 bridgehead atoms. The molecular weight excluding hydrogens is 389 g/mol. The number of alkyl halides is 3. The summed E-state index contributed by atoms with van der Waals surface area (Å²) in [6.45, 7) is 1.11. The van der Waals surface area contributed by atoms with Crippen molar-refractivity contribution in [3.05, 3.63) is 35.2 Å². The SMILES string of the molecule is CC(=O)Oc1ccc(C(=O)N(C)C)cc1C(=O)Nc1nc(C(F)(F)F)ns1. The van der Waals surface area contributed by atoms with Gasteiger partial charge < -0.3 is 9.64 Å². The van der Waals surface area contributed by atoms with Gasteiger partial charge in [-0.25, -0.2) is 0 Å². The Bertz CT molecular complexity index is 895. The van der Waals surface area contributed by atoms with E-state index in [2.05, 4.69) is 14.7 Å². The fourth-order valence-electron chi connectivity index (χ4n) is 1.90. The summed E-state index contributed by atoms with van der Waals surface area (Å²) in [6, 6.07) is 3.76. The van der Waals surface area contributed by atoms with Crippen LogP contribution < -0.4 is 10.1 Å². The predicted molar refractivity (Wildman–Crippen MR) is 88.6 cm³/mol. The number of amides is 2. The van der Waals surface area contributed by atoms with E-state index in [-0.39, 0.29) is 16.9 Å². The molecule has 144 valence electrons. The fraction of sp³-hybridized carbons (Fsp3) is 0.267. The molecule has 0 saturated carbocycles. The van der Waals surface area contributed by atoms with Gasteiger partial charge in [-0.05, 0) is 18.2 Å². The lowest BCUT2D eigenvalue weighted by molar-refractivity contribution is -0.144. The van der Waals surface area contributed by atoms with E-state index < -0.39 is 34.9 Å². The molecule has 0 aliphatic rings. The van der Waals surface area contributed by atoms with Crippen molar-refractivity contribution in [3.63, 3.8) is 0 Å². The van der Waals surface area contributed by atoms with Crippen molar-refractivity contribution in [1.82, 2.24) is 14.3 Å². The van der Waals surface area contributed by atoms with Crippen LogP contribution in [-0.2, 0) is 11.0 Å². The standard InChI is InChI=1S/C15H13F3N4O4S/c1-7(23)26-10-5-4-8(12(25)22(2)3)6-9(10)11(24)19-14-20-13(21-27-14)15(16,17)18/h4-6H,1-3H3,(H,19,20,21,24). The van der Waals surface area contributed by atoms with Gasteiger partial charge in [-0.2, -0.15) is 22.5 Å². The summed E-state index contributed by atoms with van der Waals surface area (Å²) >= 11 is 0.339. The molecule has 8 nitrogen and oxygen atoms in total. The Hall–Kier alpha value is -3.02. The quantitative estimate of drug-likeness (QED) is 0.623. The third-order valence-electron chi connectivity index (χ3n) is 3.03. The van der Waals surface area contributed by atoms with Crippen molar-refractivity contribution < 1.29 is 32.3 Å². The number of ether oxygens (including phenoxy) is 1. The van der Waals surface area contributed by atoms with E-state index in [1.165, 1.54) is 37.2 Å². The van der Waals surface area contributed by atoms with Crippen molar-refractivity contribution in [2.24, 2.45) is 0 Å². The molecule has 0 fully saturated rings. The van der Waals surface area contributed by atoms with Crippen LogP contribution in [0.5, 0.6) is 5.75 Å². The number of nitrogens with one attached hydrogen (secondary N) is 1. The number of carbonyl (C=O) groups is 3. The van der Waals surface area contributed by atoms with Crippen LogP contribution in [0.1, 0.15) is 33.5 Å². The summed E-state index contributed by atoms with van der Waals surface area (Å²) in [5, 5.41) is 1.75. The first-order chi connectivity index (χ1) is 12.5. The Labute approximate surface area is 155 Å². The summed E-state index contributed by atoms with van der Waals surface area (Å²) in [4.78, 5) is 40.2. The minimum absolute atomic E-state index is 0.120. The molecule has 1 aromatic carbocycles. The van der Waals surface area contributed by atoms with E-state index in [9.17, 15) is 27.6 Å². The van der Waals surface area contributed by atoms with Gasteiger partial charge >= 0.3 is 12.1 Å². The highest BCUT2D eigenvalue weighted by atomic mass is 32.1. The molecule has 2 aromatic rings. The predicted octanol–water partition coefficient (Wildman–Crippen LogP) is 2.44. The van der Waals surface area contributed by atoms with E-state index in [0.717, 1.165) is 6.92 Å². The summed E-state index contributed by atoms with van der Waals surface area (Å²) < 4.78 is 45.7. The van der Waals surface area contributed by atoms with Crippen LogP contribution in [0.4, 0.5) is 18.3 Å². The molecular formula is C15H13F3N4O4S. The molecule has 0 aliphatic carbocycles. The lowest BCUT2D eigenvalue weighted by atomic mass is 10.1. The van der Waals surface area contributed by atoms with Gasteiger partial charge in [-0.1, -0.05) is 0 Å². The molecule has 0 spiro atoms. The minimum atomic E-state index is -4.75. The van der Waals surface area contributed by atoms with E-state index in [4.69, 9.17) is 4.74 Å². The van der Waals surface area contributed by atoms with Crippen molar-refractivity contribution in [2.75, 3.05) is 19.4 Å². The second-order valence-electron chi connectivity index (χ2n) is 5.38. The van der Waals surface area contributed by atoms with Crippen LogP contribution in [0, 0.1) is 0 Å². The molecule has 0 radical (unpaired) electrons. The third kappa shape index (κ3) is 5.00. The molecule has 2 rings (SSSR count). The Balaban J connectivity index is 2.36. The highest BCUT2D eigenvalue weighted by molar-refractivity contribution is 7.09. The van der Waals surface area contributed by atoms with Crippen molar-refractivity contribution in [2.45, 2.75) is 13.1 Å². The van der Waals surface area contributed by atoms with Gasteiger partial charge in [-0.3, -0.25) is 19.7 Å². The van der Waals surface area contributed by atoms with E-state index >= 15 is 0 Å². The first-order valence-electron chi connectivity index (χ1n) is 7.25. The summed E-state index contributed by atoms with van der Waals surface area (Å²) in [5.41, 5.74) is -0.101. The Morgan fingerprint density at radius 1 is 1.22 bits per heavy atom. The number of benzene rings is 1. The van der Waals surface area contributed by atoms with Crippen LogP contribution in [0.3, 0.4) is 0 Å². The van der Waals surface area contributed by atoms with Crippen molar-refractivity contribution >= 4 is 34.4 Å². The smallest absolute Gasteiger partial charge is 0.426 e. The van der Waals surface area contributed by atoms with Crippen LogP contribution in [-0.4, -0.2) is 46.1 Å². The third-order valence-corrected chi connectivity index (χ3v) is 3.66. The van der Waals surface area contributed by atoms with Crippen LogP contribution in [0.15, 0.2) is 18.2 Å². The number of halogens is 3. The zero-order chi connectivity index (χ0) is 20.4. The first kappa shape index (κ1) is 20.3. The van der Waals surface area contributed by atoms with Gasteiger partial charge in [0.15, 0.2) is 0 Å². The monoisotopic (exact) mass is 402 g/mol. The van der Waals surface area contributed by atoms with Crippen molar-refractivity contribution in [1.29, 1.82) is 0 Å². The maximum absolute atomic E-state index is 12.6. The maximum Gasteiger partial charge on any atom is 0.452 e.